The average Bonchev–Trinajstić information content (AvgIpc) is 2.65. The van der Waals surface area contributed by atoms with Crippen LogP contribution in [0.3, 0.4) is 0 Å². The van der Waals surface area contributed by atoms with Crippen LogP contribution in [0.15, 0.2) is 42.5 Å². The lowest BCUT2D eigenvalue weighted by Crippen LogP contribution is -2.53. The van der Waals surface area contributed by atoms with E-state index in [1.807, 2.05) is 0 Å². The van der Waals surface area contributed by atoms with E-state index in [-0.39, 0.29) is 17.1 Å². The van der Waals surface area contributed by atoms with Gasteiger partial charge in [-0.1, -0.05) is 23.7 Å². The van der Waals surface area contributed by atoms with Crippen molar-refractivity contribution < 1.29 is 31.3 Å². The van der Waals surface area contributed by atoms with Crippen LogP contribution in [0, 0.1) is 5.82 Å². The molecule has 3 unspecified atom stereocenters. The molecule has 0 aliphatic carbocycles. The summed E-state index contributed by atoms with van der Waals surface area (Å²) in [5.74, 6) is -1.59. The van der Waals surface area contributed by atoms with Gasteiger partial charge in [-0.15, -0.1) is 13.2 Å². The van der Waals surface area contributed by atoms with Gasteiger partial charge in [-0.3, -0.25) is 4.79 Å². The molecular weight excluding hydrogens is 450 g/mol. The number of halogens is 5. The van der Waals surface area contributed by atoms with Gasteiger partial charge in [-0.2, -0.15) is 0 Å². The van der Waals surface area contributed by atoms with Gasteiger partial charge in [0.2, 0.25) is 5.91 Å². The van der Waals surface area contributed by atoms with Crippen molar-refractivity contribution in [3.05, 3.63) is 58.9 Å². The van der Waals surface area contributed by atoms with E-state index in [1.54, 1.807) is 0 Å². The van der Waals surface area contributed by atoms with E-state index in [1.165, 1.54) is 41.7 Å². The fraction of sp³-hybridized carbons (Fsp3) is 0.278. The summed E-state index contributed by atoms with van der Waals surface area (Å²) >= 11 is 3.93. The maximum absolute atomic E-state index is 13.3. The van der Waals surface area contributed by atoms with Gasteiger partial charge in [-0.25, -0.2) is 17.6 Å². The maximum Gasteiger partial charge on any atom is 0.573 e. The minimum absolute atomic E-state index is 0.110. The molecule has 1 amide bonds. The van der Waals surface area contributed by atoms with Crippen molar-refractivity contribution in [2.75, 3.05) is 12.4 Å². The molecule has 1 saturated heterocycles. The summed E-state index contributed by atoms with van der Waals surface area (Å²) in [5, 5.41) is 2.41. The van der Waals surface area contributed by atoms with Gasteiger partial charge in [0.25, 0.3) is 0 Å². The number of rotatable bonds is 4. The summed E-state index contributed by atoms with van der Waals surface area (Å²) < 4.78 is 71.1. The summed E-state index contributed by atoms with van der Waals surface area (Å²) in [6.45, 7) is 0. The highest BCUT2D eigenvalue weighted by atomic mass is 35.5. The van der Waals surface area contributed by atoms with E-state index in [0.29, 0.717) is 5.56 Å². The van der Waals surface area contributed by atoms with Crippen LogP contribution in [0.1, 0.15) is 18.0 Å². The van der Waals surface area contributed by atoms with E-state index in [4.69, 9.17) is 11.6 Å². The summed E-state index contributed by atoms with van der Waals surface area (Å²) in [5.41, 5.74) is 0.627. The van der Waals surface area contributed by atoms with Gasteiger partial charge in [0, 0.05) is 18.8 Å². The number of carbonyl (C=O) groups excluding carboxylic acids is 1. The van der Waals surface area contributed by atoms with Gasteiger partial charge in [0.05, 0.1) is 5.02 Å². The smallest absolute Gasteiger partial charge is 0.406 e. The average molecular weight is 466 g/mol. The van der Waals surface area contributed by atoms with E-state index in [2.05, 4.69) is 14.8 Å². The maximum atomic E-state index is 13.3. The number of nitrogens with zero attached hydrogens (tertiary/aromatic N) is 1. The normalized spacial score (nSPS) is 22.5. The fourth-order valence-electron chi connectivity index (χ4n) is 2.94. The topological polar surface area (TPSA) is 70.7 Å². The Labute approximate surface area is 176 Å². The molecular formula is C18H16ClF4N3O3S. The molecule has 1 heterocycles. The van der Waals surface area contributed by atoms with Gasteiger partial charge in [0.15, 0.2) is 11.2 Å². The Morgan fingerprint density at radius 3 is 2.70 bits per heavy atom. The minimum atomic E-state index is -4.85. The second-order valence-corrected chi connectivity index (χ2v) is 8.17. The molecule has 6 nitrogen and oxygen atoms in total. The number of ether oxygens (including phenoxy) is 1. The largest absolute Gasteiger partial charge is 0.573 e. The van der Waals surface area contributed by atoms with Gasteiger partial charge < -0.3 is 10.1 Å². The van der Waals surface area contributed by atoms with Crippen molar-refractivity contribution in [1.82, 2.24) is 9.03 Å². The Balaban J connectivity index is 1.78. The lowest BCUT2D eigenvalue weighted by atomic mass is 9.99. The van der Waals surface area contributed by atoms with E-state index >= 15 is 0 Å². The third kappa shape index (κ3) is 5.48. The molecule has 30 heavy (non-hydrogen) atoms. The number of alkyl halides is 3. The molecule has 2 aromatic rings. The number of anilines is 1. The van der Waals surface area contributed by atoms with Crippen molar-refractivity contribution >= 4 is 34.4 Å². The molecule has 0 bridgehead atoms. The van der Waals surface area contributed by atoms with Crippen LogP contribution in [0.5, 0.6) is 5.75 Å². The van der Waals surface area contributed by atoms with Gasteiger partial charge in [0.1, 0.15) is 17.6 Å². The molecule has 2 aromatic carbocycles. The molecule has 162 valence electrons. The Morgan fingerprint density at radius 1 is 1.30 bits per heavy atom. The monoisotopic (exact) mass is 465 g/mol. The molecule has 1 fully saturated rings. The first kappa shape index (κ1) is 22.5. The van der Waals surface area contributed by atoms with Crippen molar-refractivity contribution in [2.45, 2.75) is 24.9 Å². The van der Waals surface area contributed by atoms with Gasteiger partial charge >= 0.3 is 6.36 Å². The second-order valence-electron chi connectivity index (χ2n) is 6.46. The third-order valence-corrected chi connectivity index (χ3v) is 5.94. The van der Waals surface area contributed by atoms with Crippen LogP contribution in [0.4, 0.5) is 23.2 Å². The number of nitrogens with one attached hydrogen (secondary N) is 2. The zero-order chi connectivity index (χ0) is 22.1. The molecule has 12 heteroatoms. The Bertz CT molecular complexity index is 976. The number of likely N-dealkylation sites (N-methyl/N-ethyl adjacent to an activating group) is 1. The van der Waals surface area contributed by atoms with Crippen molar-refractivity contribution in [2.24, 2.45) is 0 Å². The molecule has 0 spiro atoms. The summed E-state index contributed by atoms with van der Waals surface area (Å²) in [4.78, 5) is 12.7. The highest BCUT2D eigenvalue weighted by molar-refractivity contribution is 7.80. The molecule has 3 atom stereocenters. The lowest BCUT2D eigenvalue weighted by molar-refractivity contribution is -0.274. The first-order valence-electron chi connectivity index (χ1n) is 8.56. The minimum Gasteiger partial charge on any atom is -0.406 e. The molecule has 1 aliphatic rings. The first-order chi connectivity index (χ1) is 14.0. The number of hydrogen-bond acceptors (Lipinski definition) is 3. The predicted octanol–water partition coefficient (Wildman–Crippen LogP) is 3.93. The number of carbonyl (C=O) groups is 1. The quantitative estimate of drug-likeness (QED) is 0.672. The van der Waals surface area contributed by atoms with Crippen molar-refractivity contribution in [3.8, 4) is 5.75 Å². The molecule has 3 rings (SSSR count). The Morgan fingerprint density at radius 2 is 2.03 bits per heavy atom. The molecule has 0 aromatic heterocycles. The summed E-state index contributed by atoms with van der Waals surface area (Å²) in [7, 11) is 1.46. The fourth-order valence-corrected chi connectivity index (χ4v) is 4.18. The molecule has 0 radical (unpaired) electrons. The third-order valence-electron chi connectivity index (χ3n) is 4.39. The summed E-state index contributed by atoms with van der Waals surface area (Å²) in [6.07, 6.45) is -4.74. The number of benzene rings is 2. The first-order valence-corrected chi connectivity index (χ1v) is 10.0. The van der Waals surface area contributed by atoms with E-state index in [0.717, 1.165) is 12.1 Å². The highest BCUT2D eigenvalue weighted by Crippen LogP contribution is 2.31. The number of hydrogen-bond donors (Lipinski definition) is 2. The van der Waals surface area contributed by atoms with Crippen molar-refractivity contribution in [3.63, 3.8) is 0 Å². The predicted molar refractivity (Wildman–Crippen MR) is 103 cm³/mol. The lowest BCUT2D eigenvalue weighted by Gasteiger charge is -2.35. The van der Waals surface area contributed by atoms with E-state index < -0.39 is 47.1 Å². The molecule has 2 N–H and O–H groups in total. The zero-order valence-electron chi connectivity index (χ0n) is 15.4. The highest BCUT2D eigenvalue weighted by Gasteiger charge is 2.37. The SMILES string of the molecule is CN1C(C(=O)Nc2ccc(F)c(Cl)c2)CC(c2cccc(OC(F)(F)F)c2)NS1=O. The van der Waals surface area contributed by atoms with Crippen LogP contribution in [0.2, 0.25) is 5.02 Å². The van der Waals surface area contributed by atoms with Crippen LogP contribution in [-0.2, 0) is 16.0 Å². The van der Waals surface area contributed by atoms with E-state index in [9.17, 15) is 26.6 Å². The zero-order valence-corrected chi connectivity index (χ0v) is 16.9. The van der Waals surface area contributed by atoms with Crippen LogP contribution < -0.4 is 14.8 Å². The summed E-state index contributed by atoms with van der Waals surface area (Å²) in [6, 6.07) is 7.33. The Kier molecular flexibility index (Phi) is 6.65. The second kappa shape index (κ2) is 8.88. The Hall–Kier alpha value is -2.21. The molecule has 0 saturated carbocycles. The standard InChI is InChI=1S/C18H16ClF4N3O3S/c1-26-16(17(27)24-11-5-6-14(20)13(19)8-11)9-15(25-30(26)28)10-3-2-4-12(7-10)29-18(21,22)23/h2-8,15-16,25H,9H2,1H3,(H,24,27). The molecule has 1 aliphatic heterocycles. The number of amides is 1. The van der Waals surface area contributed by atoms with Gasteiger partial charge in [-0.05, 0) is 42.3 Å². The van der Waals surface area contributed by atoms with Crippen LogP contribution >= 0.6 is 11.6 Å². The van der Waals surface area contributed by atoms with Crippen LogP contribution in [0.25, 0.3) is 0 Å². The van der Waals surface area contributed by atoms with Crippen LogP contribution in [-0.4, -0.2) is 33.9 Å². The van der Waals surface area contributed by atoms with Crippen molar-refractivity contribution in [1.29, 1.82) is 0 Å².